The third kappa shape index (κ3) is 6.17. The standard InChI is InChI=1S/C4H8N10.2CN5O2.2H2O/c5-3-11-9-1(13(3)7)2-10-12-4(6)14(2)8;2*7-6(8)1-2-4-5-3-1;;/h7-8H2,(H4,5,6,9,10,11,12);;;2*1H2/q;2*-1;;/p+2. The van der Waals surface area contributed by atoms with E-state index in [1.165, 1.54) is 0 Å². The monoisotopic (exact) mass is 462 g/mol. The summed E-state index contributed by atoms with van der Waals surface area (Å²) in [4.78, 5) is 17.8. The van der Waals surface area contributed by atoms with Crippen molar-refractivity contribution >= 4 is 23.8 Å². The second kappa shape index (κ2) is 11.4. The highest BCUT2D eigenvalue weighted by atomic mass is 16.6. The summed E-state index contributed by atoms with van der Waals surface area (Å²) >= 11 is 0. The van der Waals surface area contributed by atoms with Crippen LogP contribution < -0.4 is 42.7 Å². The number of hydrogen-bond donors (Lipinski definition) is 6. The molecule has 4 aromatic heterocycles. The summed E-state index contributed by atoms with van der Waals surface area (Å²) in [5.41, 5.74) is 10.8. The molecule has 4 rings (SSSR count). The van der Waals surface area contributed by atoms with E-state index in [1.54, 1.807) is 0 Å². The van der Waals surface area contributed by atoms with Crippen molar-refractivity contribution in [3.63, 3.8) is 0 Å². The number of nitrogens with one attached hydrogen (secondary N) is 2. The molecule has 0 saturated carbocycles. The highest BCUT2D eigenvalue weighted by molar-refractivity contribution is 5.35. The molecule has 26 nitrogen and oxygen atoms in total. The zero-order valence-electron chi connectivity index (χ0n) is 15.2. The van der Waals surface area contributed by atoms with E-state index in [2.05, 4.69) is 61.6 Å². The van der Waals surface area contributed by atoms with Crippen LogP contribution in [0.4, 0.5) is 23.8 Å². The van der Waals surface area contributed by atoms with Gasteiger partial charge in [-0.1, -0.05) is 20.4 Å². The van der Waals surface area contributed by atoms with Crippen LogP contribution in [0.25, 0.3) is 11.6 Å². The number of hydrogen-bond acceptors (Lipinski definition) is 16. The van der Waals surface area contributed by atoms with Crippen LogP contribution in [-0.4, -0.2) is 72.2 Å². The van der Waals surface area contributed by atoms with E-state index in [-0.39, 0.29) is 22.8 Å². The van der Waals surface area contributed by atoms with Crippen LogP contribution in [0.3, 0.4) is 0 Å². The highest BCUT2D eigenvalue weighted by Gasteiger charge is 2.25. The van der Waals surface area contributed by atoms with Crippen LogP contribution >= 0.6 is 0 Å². The summed E-state index contributed by atoms with van der Waals surface area (Å²) < 4.78 is 2.24. The molecule has 4 heterocycles. The first kappa shape index (κ1) is 26.3. The molecule has 0 aliphatic rings. The zero-order chi connectivity index (χ0) is 22.3. The van der Waals surface area contributed by atoms with Gasteiger partial charge in [0.15, 0.2) is 0 Å². The van der Waals surface area contributed by atoms with Gasteiger partial charge in [0.1, 0.15) is 0 Å². The summed E-state index contributed by atoms with van der Waals surface area (Å²) in [7, 11) is 0. The average Bonchev–Trinajstić information content (AvgIpc) is 3.49. The molecule has 0 atom stereocenters. The summed E-state index contributed by atoms with van der Waals surface area (Å²) in [5.74, 6) is 11.0. The Morgan fingerprint density at radius 2 is 1.12 bits per heavy atom. The molecule has 0 aliphatic carbocycles. The van der Waals surface area contributed by atoms with E-state index < -0.39 is 21.7 Å². The van der Waals surface area contributed by atoms with E-state index in [9.17, 15) is 20.2 Å². The smallest absolute Gasteiger partial charge is 0.396 e. The molecule has 14 N–H and O–H groups in total. The molecule has 0 saturated heterocycles. The third-order valence-corrected chi connectivity index (χ3v) is 2.70. The number of nitrogen functional groups attached to an aromatic ring is 4. The molecular weight excluding hydrogens is 448 g/mol. The number of rotatable bonds is 3. The average molecular weight is 462 g/mol. The van der Waals surface area contributed by atoms with Crippen molar-refractivity contribution in [2.24, 2.45) is 0 Å². The molecule has 0 fully saturated rings. The largest absolute Gasteiger partial charge is 0.458 e. The van der Waals surface area contributed by atoms with E-state index in [0.29, 0.717) is 11.6 Å². The topological polar surface area (TPSA) is 424 Å². The molecule has 0 aliphatic heterocycles. The van der Waals surface area contributed by atoms with Gasteiger partial charge in [-0.25, -0.2) is 0 Å². The third-order valence-electron chi connectivity index (χ3n) is 2.70. The first-order valence-electron chi connectivity index (χ1n) is 6.90. The molecule has 174 valence electrons. The van der Waals surface area contributed by atoms with Crippen molar-refractivity contribution in [2.45, 2.75) is 0 Å². The molecule has 0 aromatic carbocycles. The maximum Gasteiger partial charge on any atom is 0.396 e. The lowest BCUT2D eigenvalue weighted by Crippen LogP contribution is -2.53. The molecule has 0 unspecified atom stereocenters. The van der Waals surface area contributed by atoms with E-state index >= 15 is 0 Å². The van der Waals surface area contributed by atoms with Crippen molar-refractivity contribution < 1.29 is 30.2 Å². The molecule has 4 aromatic rings. The molecule has 0 radical (unpaired) electrons. The normalized spacial score (nSPS) is 9.12. The molecule has 0 spiro atoms. The van der Waals surface area contributed by atoms with Gasteiger partial charge >= 0.3 is 23.5 Å². The molecule has 0 amide bonds. The number of H-pyrrole nitrogens is 2. The number of tetrazole rings is 2. The Labute approximate surface area is 171 Å². The van der Waals surface area contributed by atoms with Crippen LogP contribution in [-0.2, 0) is 0 Å². The Bertz CT molecular complexity index is 1010. The van der Waals surface area contributed by atoms with Crippen LogP contribution in [0.15, 0.2) is 0 Å². The number of aromatic amines is 2. The summed E-state index contributed by atoms with van der Waals surface area (Å²) in [6.45, 7) is 0. The lowest BCUT2D eigenvalue weighted by molar-refractivity contribution is -0.643. The number of nitrogens with zero attached hydrogens (tertiary/aromatic N) is 14. The van der Waals surface area contributed by atoms with Gasteiger partial charge in [-0.15, -0.1) is 19.5 Å². The maximum atomic E-state index is 9.66. The number of anilines is 2. The van der Waals surface area contributed by atoms with Crippen LogP contribution in [0, 0.1) is 20.2 Å². The Balaban J connectivity index is 0.000000465. The van der Waals surface area contributed by atoms with Gasteiger partial charge in [0.25, 0.3) is 11.9 Å². The Morgan fingerprint density at radius 3 is 1.28 bits per heavy atom. The zero-order valence-corrected chi connectivity index (χ0v) is 15.2. The quantitative estimate of drug-likeness (QED) is 0.0711. The first-order valence-corrected chi connectivity index (χ1v) is 6.90. The van der Waals surface area contributed by atoms with Gasteiger partial charge in [-0.2, -0.15) is 9.85 Å². The van der Waals surface area contributed by atoms with Crippen molar-refractivity contribution in [1.82, 2.24) is 61.6 Å². The molecule has 32 heavy (non-hydrogen) atoms. The molecular formula is C6H14N20O6. The number of aromatic nitrogens is 14. The predicted molar refractivity (Wildman–Crippen MR) is 92.5 cm³/mol. The fourth-order valence-corrected chi connectivity index (χ4v) is 1.43. The second-order valence-electron chi connectivity index (χ2n) is 4.47. The Morgan fingerprint density at radius 1 is 0.781 bits per heavy atom. The van der Waals surface area contributed by atoms with E-state index in [1.807, 2.05) is 0 Å². The lowest BCUT2D eigenvalue weighted by Gasteiger charge is -1.92. The van der Waals surface area contributed by atoms with Gasteiger partial charge < -0.3 is 42.6 Å². The fraction of sp³-hybridized carbons (Fsp3) is 0. The van der Waals surface area contributed by atoms with Gasteiger partial charge in [-0.05, 0) is 20.9 Å². The van der Waals surface area contributed by atoms with E-state index in [0.717, 1.165) is 9.35 Å². The minimum atomic E-state index is -0.764. The van der Waals surface area contributed by atoms with Crippen molar-refractivity contribution in [1.29, 1.82) is 0 Å². The molecule has 26 heteroatoms. The first-order chi connectivity index (χ1) is 14.2. The lowest BCUT2D eigenvalue weighted by atomic mass is 10.6. The highest BCUT2D eigenvalue weighted by Crippen LogP contribution is 2.03. The summed E-state index contributed by atoms with van der Waals surface area (Å²) in [6.07, 6.45) is 0. The van der Waals surface area contributed by atoms with Crippen LogP contribution in [0.5, 0.6) is 0 Å². The van der Waals surface area contributed by atoms with Gasteiger partial charge in [0.2, 0.25) is 0 Å². The second-order valence-corrected chi connectivity index (χ2v) is 4.47. The van der Waals surface area contributed by atoms with Crippen molar-refractivity contribution in [3.8, 4) is 11.6 Å². The maximum absolute atomic E-state index is 9.66. The van der Waals surface area contributed by atoms with Crippen LogP contribution in [0.1, 0.15) is 0 Å². The minimum absolute atomic E-state index is 0. The van der Waals surface area contributed by atoms with Crippen molar-refractivity contribution in [2.75, 3.05) is 23.2 Å². The minimum Gasteiger partial charge on any atom is -0.458 e. The fourth-order valence-electron chi connectivity index (χ4n) is 1.43. The van der Waals surface area contributed by atoms with Crippen molar-refractivity contribution in [3.05, 3.63) is 20.2 Å². The SMILES string of the molecule is Nc1n[nH]c(-c2[nH]nc(N)[n+]2N)[n+]1N.O.O.O=[N+]([O-])c1nnn[n-]1.O=[N+]([O-])c1nnn[n-]1. The predicted octanol–water partition coefficient (Wildman–Crippen LogP) is -8.21. The van der Waals surface area contributed by atoms with Gasteiger partial charge in [0, 0.05) is 10.2 Å². The van der Waals surface area contributed by atoms with E-state index in [4.69, 9.17) is 23.2 Å². The summed E-state index contributed by atoms with van der Waals surface area (Å²) in [6, 6.07) is 0. The van der Waals surface area contributed by atoms with Crippen LogP contribution in [0.2, 0.25) is 0 Å². The molecule has 0 bridgehead atoms. The Kier molecular flexibility index (Phi) is 9.36. The summed E-state index contributed by atoms with van der Waals surface area (Å²) in [5, 5.41) is 55.2. The number of nitrogens with two attached hydrogens (primary N) is 4. The van der Waals surface area contributed by atoms with Gasteiger partial charge in [-0.3, -0.25) is 11.7 Å². The van der Waals surface area contributed by atoms with Gasteiger partial charge in [0.05, 0.1) is 0 Å². The Hall–Kier alpha value is -5.66. The number of nitro groups is 2.